The van der Waals surface area contributed by atoms with Crippen LogP contribution in [0.2, 0.25) is 0 Å². The number of ether oxygens (including phenoxy) is 1. The fraction of sp³-hybridized carbons (Fsp3) is 0.250. The van der Waals surface area contributed by atoms with Crippen LogP contribution in [0.25, 0.3) is 11.3 Å². The van der Waals surface area contributed by atoms with Gasteiger partial charge in [0.15, 0.2) is 0 Å². The van der Waals surface area contributed by atoms with E-state index in [2.05, 4.69) is 20.1 Å². The molecule has 1 amide bonds. The van der Waals surface area contributed by atoms with Gasteiger partial charge in [-0.25, -0.2) is 0 Å². The van der Waals surface area contributed by atoms with Gasteiger partial charge >= 0.3 is 6.36 Å². The molecule has 6 nitrogen and oxygen atoms in total. The van der Waals surface area contributed by atoms with E-state index in [1.807, 2.05) is 19.1 Å². The average Bonchev–Trinajstić information content (AvgIpc) is 3.02. The maximum atomic E-state index is 12.9. The molecule has 0 aliphatic carbocycles. The molecular weight excluding hydrogens is 385 g/mol. The summed E-state index contributed by atoms with van der Waals surface area (Å²) in [6.45, 7) is 3.59. The van der Waals surface area contributed by atoms with Gasteiger partial charge in [0.25, 0.3) is 5.91 Å². The molecular formula is C20H19F3N4O2. The summed E-state index contributed by atoms with van der Waals surface area (Å²) in [7, 11) is 1.65. The zero-order chi connectivity index (χ0) is 21.2. The molecule has 0 spiro atoms. The van der Waals surface area contributed by atoms with Crippen LogP contribution in [0.15, 0.2) is 48.7 Å². The van der Waals surface area contributed by atoms with Gasteiger partial charge in [-0.3, -0.25) is 14.5 Å². The van der Waals surface area contributed by atoms with Gasteiger partial charge in [-0.1, -0.05) is 18.2 Å². The number of carbonyl (C=O) groups is 1. The Morgan fingerprint density at radius 3 is 2.48 bits per heavy atom. The van der Waals surface area contributed by atoms with Gasteiger partial charge in [-0.15, -0.1) is 13.2 Å². The van der Waals surface area contributed by atoms with E-state index in [1.165, 1.54) is 28.9 Å². The number of nitrogens with one attached hydrogen (secondary N) is 1. The van der Waals surface area contributed by atoms with Gasteiger partial charge in [0, 0.05) is 12.7 Å². The Bertz CT molecular complexity index is 1010. The standard InChI is InChI=1S/C20H19F3N4O2/c1-12-5-4-6-17(25-12)16-11-24-27(3)18(16)19(28)26-13(2)14-7-9-15(10-8-14)29-20(21,22)23/h4-11,13H,1-3H3,(H,26,28). The number of aryl methyl sites for hydroxylation is 2. The Labute approximate surface area is 165 Å². The Balaban J connectivity index is 1.78. The lowest BCUT2D eigenvalue weighted by molar-refractivity contribution is -0.274. The second-order valence-corrected chi connectivity index (χ2v) is 6.51. The van der Waals surface area contributed by atoms with Gasteiger partial charge in [-0.05, 0) is 43.7 Å². The summed E-state index contributed by atoms with van der Waals surface area (Å²) in [6.07, 6.45) is -3.17. The molecule has 2 heterocycles. The van der Waals surface area contributed by atoms with Crippen LogP contribution in [0.1, 0.15) is 34.7 Å². The highest BCUT2D eigenvalue weighted by atomic mass is 19.4. The third-order valence-electron chi connectivity index (χ3n) is 4.28. The Kier molecular flexibility index (Phi) is 5.58. The summed E-state index contributed by atoms with van der Waals surface area (Å²) >= 11 is 0. The van der Waals surface area contributed by atoms with Crippen LogP contribution >= 0.6 is 0 Å². The van der Waals surface area contributed by atoms with Gasteiger partial charge in [0.05, 0.1) is 23.5 Å². The fourth-order valence-electron chi connectivity index (χ4n) is 2.89. The van der Waals surface area contributed by atoms with Gasteiger partial charge in [0.1, 0.15) is 11.4 Å². The van der Waals surface area contributed by atoms with E-state index < -0.39 is 12.4 Å². The summed E-state index contributed by atoms with van der Waals surface area (Å²) in [5.41, 5.74) is 3.00. The number of hydrogen-bond donors (Lipinski definition) is 1. The first-order valence-corrected chi connectivity index (χ1v) is 8.76. The number of benzene rings is 1. The molecule has 0 saturated carbocycles. The molecule has 1 unspecified atom stereocenters. The van der Waals surface area contributed by atoms with E-state index in [4.69, 9.17) is 0 Å². The largest absolute Gasteiger partial charge is 0.573 e. The first-order chi connectivity index (χ1) is 13.6. The second-order valence-electron chi connectivity index (χ2n) is 6.51. The van der Waals surface area contributed by atoms with Gasteiger partial charge < -0.3 is 10.1 Å². The highest BCUT2D eigenvalue weighted by Crippen LogP contribution is 2.25. The predicted molar refractivity (Wildman–Crippen MR) is 100 cm³/mol. The number of nitrogens with zero attached hydrogens (tertiary/aromatic N) is 3. The molecule has 1 N–H and O–H groups in total. The Hall–Kier alpha value is -3.36. The van der Waals surface area contributed by atoms with Crippen molar-refractivity contribution in [2.75, 3.05) is 0 Å². The van der Waals surface area contributed by atoms with E-state index >= 15 is 0 Å². The van der Waals surface area contributed by atoms with Crippen LogP contribution < -0.4 is 10.1 Å². The van der Waals surface area contributed by atoms with Crippen molar-refractivity contribution in [3.63, 3.8) is 0 Å². The molecule has 0 radical (unpaired) electrons. The first-order valence-electron chi connectivity index (χ1n) is 8.76. The maximum Gasteiger partial charge on any atom is 0.573 e. The highest BCUT2D eigenvalue weighted by Gasteiger charge is 2.31. The van der Waals surface area contributed by atoms with E-state index in [0.29, 0.717) is 22.5 Å². The number of rotatable bonds is 5. The summed E-state index contributed by atoms with van der Waals surface area (Å²) in [5.74, 6) is -0.689. The lowest BCUT2D eigenvalue weighted by Gasteiger charge is -2.16. The van der Waals surface area contributed by atoms with Crippen LogP contribution in [0.4, 0.5) is 13.2 Å². The Morgan fingerprint density at radius 2 is 1.86 bits per heavy atom. The third-order valence-corrected chi connectivity index (χ3v) is 4.28. The topological polar surface area (TPSA) is 69.0 Å². The van der Waals surface area contributed by atoms with E-state index in [1.54, 1.807) is 26.2 Å². The SMILES string of the molecule is Cc1cccc(-c2cnn(C)c2C(=O)NC(C)c2ccc(OC(F)(F)F)cc2)n1. The number of pyridine rings is 1. The van der Waals surface area contributed by atoms with Crippen molar-refractivity contribution in [2.24, 2.45) is 7.05 Å². The average molecular weight is 404 g/mol. The van der Waals surface area contributed by atoms with Crippen molar-refractivity contribution in [2.45, 2.75) is 26.3 Å². The molecule has 3 rings (SSSR count). The molecule has 0 aliphatic heterocycles. The lowest BCUT2D eigenvalue weighted by Crippen LogP contribution is -2.29. The van der Waals surface area contributed by atoms with Crippen molar-refractivity contribution >= 4 is 5.91 Å². The minimum atomic E-state index is -4.75. The molecule has 1 atom stereocenters. The van der Waals surface area contributed by atoms with Crippen molar-refractivity contribution < 1.29 is 22.7 Å². The number of amides is 1. The zero-order valence-corrected chi connectivity index (χ0v) is 16.0. The number of carbonyl (C=O) groups excluding carboxylic acids is 1. The van der Waals surface area contributed by atoms with Crippen molar-refractivity contribution in [3.8, 4) is 17.0 Å². The van der Waals surface area contributed by atoms with Crippen LogP contribution in [0.3, 0.4) is 0 Å². The fourth-order valence-corrected chi connectivity index (χ4v) is 2.89. The van der Waals surface area contributed by atoms with E-state index in [0.717, 1.165) is 5.69 Å². The van der Waals surface area contributed by atoms with Crippen molar-refractivity contribution in [3.05, 3.63) is 65.6 Å². The van der Waals surface area contributed by atoms with Crippen LogP contribution in [0.5, 0.6) is 5.75 Å². The van der Waals surface area contributed by atoms with E-state index in [-0.39, 0.29) is 11.7 Å². The molecule has 0 aliphatic rings. The van der Waals surface area contributed by atoms with Crippen molar-refractivity contribution in [1.29, 1.82) is 0 Å². The molecule has 0 bridgehead atoms. The van der Waals surface area contributed by atoms with Crippen LogP contribution in [-0.4, -0.2) is 27.0 Å². The van der Waals surface area contributed by atoms with Crippen molar-refractivity contribution in [1.82, 2.24) is 20.1 Å². The molecule has 152 valence electrons. The van der Waals surface area contributed by atoms with Gasteiger partial charge in [0.2, 0.25) is 0 Å². The molecule has 3 aromatic rings. The second kappa shape index (κ2) is 7.94. The third kappa shape index (κ3) is 4.92. The minimum absolute atomic E-state index is 0.320. The summed E-state index contributed by atoms with van der Waals surface area (Å²) in [6, 6.07) is 10.4. The molecule has 1 aromatic carbocycles. The van der Waals surface area contributed by atoms with Crippen LogP contribution in [-0.2, 0) is 7.05 Å². The quantitative estimate of drug-likeness (QED) is 0.693. The number of halogens is 3. The van der Waals surface area contributed by atoms with Crippen LogP contribution in [0, 0.1) is 6.92 Å². The highest BCUT2D eigenvalue weighted by molar-refractivity contribution is 5.99. The molecule has 29 heavy (non-hydrogen) atoms. The lowest BCUT2D eigenvalue weighted by atomic mass is 10.1. The number of aromatic nitrogens is 3. The van der Waals surface area contributed by atoms with E-state index in [9.17, 15) is 18.0 Å². The maximum absolute atomic E-state index is 12.9. The molecule has 0 saturated heterocycles. The minimum Gasteiger partial charge on any atom is -0.406 e. The zero-order valence-electron chi connectivity index (χ0n) is 16.0. The predicted octanol–water partition coefficient (Wildman–Crippen LogP) is 4.18. The number of hydrogen-bond acceptors (Lipinski definition) is 4. The van der Waals surface area contributed by atoms with Gasteiger partial charge in [-0.2, -0.15) is 5.10 Å². The Morgan fingerprint density at radius 1 is 1.17 bits per heavy atom. The molecule has 2 aromatic heterocycles. The summed E-state index contributed by atoms with van der Waals surface area (Å²) < 4.78 is 42.2. The summed E-state index contributed by atoms with van der Waals surface area (Å²) in [4.78, 5) is 17.3. The monoisotopic (exact) mass is 404 g/mol. The molecule has 9 heteroatoms. The first kappa shape index (κ1) is 20.4. The normalized spacial score (nSPS) is 12.5. The summed E-state index contributed by atoms with van der Waals surface area (Å²) in [5, 5.41) is 7.00. The number of alkyl halides is 3. The smallest absolute Gasteiger partial charge is 0.406 e. The molecule has 0 fully saturated rings.